The van der Waals surface area contributed by atoms with Gasteiger partial charge in [0, 0.05) is 12.6 Å². The molecule has 0 radical (unpaired) electrons. The second-order valence-corrected chi connectivity index (χ2v) is 2.95. The van der Waals surface area contributed by atoms with Crippen LogP contribution in [0.15, 0.2) is 16.6 Å². The molecule has 3 nitrogen and oxygen atoms in total. The number of carbonyl (C=O) groups excluding carboxylic acids is 1. The number of hydrogen-bond acceptors (Lipinski definition) is 3. The molecule has 0 aromatic carbocycles. The van der Waals surface area contributed by atoms with E-state index >= 15 is 0 Å². The van der Waals surface area contributed by atoms with Crippen LogP contribution < -0.4 is 0 Å². The fourth-order valence-electron chi connectivity index (χ4n) is 0.944. The summed E-state index contributed by atoms with van der Waals surface area (Å²) < 4.78 is 0. The summed E-state index contributed by atoms with van der Waals surface area (Å²) in [5.74, 6) is 0.159. The van der Waals surface area contributed by atoms with E-state index in [1.807, 2.05) is 5.41 Å². The Bertz CT molecular complexity index is 234. The van der Waals surface area contributed by atoms with Crippen LogP contribution in [0, 0.1) is 0 Å². The van der Waals surface area contributed by atoms with Crippen LogP contribution >= 0.6 is 11.8 Å². The normalized spacial score (nSPS) is 23.0. The van der Waals surface area contributed by atoms with Crippen LogP contribution in [-0.2, 0) is 4.79 Å². The highest BCUT2D eigenvalue weighted by molar-refractivity contribution is 8.16. The van der Waals surface area contributed by atoms with Crippen molar-refractivity contribution in [1.82, 2.24) is 4.90 Å². The van der Waals surface area contributed by atoms with E-state index in [-0.39, 0.29) is 5.91 Å². The fourth-order valence-corrected chi connectivity index (χ4v) is 1.69. The summed E-state index contributed by atoms with van der Waals surface area (Å²) in [7, 11) is 0. The van der Waals surface area contributed by atoms with Crippen molar-refractivity contribution in [2.75, 3.05) is 6.54 Å². The van der Waals surface area contributed by atoms with Crippen molar-refractivity contribution in [3.05, 3.63) is 11.6 Å². The minimum absolute atomic E-state index is 0.159. The molecule has 2 aliphatic heterocycles. The van der Waals surface area contributed by atoms with E-state index < -0.39 is 0 Å². The Balaban J connectivity index is 2.33. The highest BCUT2D eigenvalue weighted by Gasteiger charge is 2.23. The van der Waals surface area contributed by atoms with Gasteiger partial charge in [0.05, 0.1) is 6.54 Å². The van der Waals surface area contributed by atoms with Gasteiger partial charge in [-0.3, -0.25) is 14.7 Å². The second kappa shape index (κ2) is 2.12. The average molecular weight is 154 g/mol. The van der Waals surface area contributed by atoms with E-state index in [1.54, 1.807) is 11.1 Å². The molecular formula is C6H6N2OS. The molecule has 2 rings (SSSR count). The third-order valence-corrected chi connectivity index (χ3v) is 2.23. The number of carbonyl (C=O) groups is 1. The van der Waals surface area contributed by atoms with Crippen LogP contribution in [0.25, 0.3) is 0 Å². The molecule has 1 amide bonds. The maximum atomic E-state index is 11.1. The lowest BCUT2D eigenvalue weighted by Crippen LogP contribution is -2.31. The molecule has 0 atom stereocenters. The second-order valence-electron chi connectivity index (χ2n) is 2.08. The number of rotatable bonds is 0. The minimum atomic E-state index is 0.159. The number of aliphatic imine (C=N–C) groups is 1. The summed E-state index contributed by atoms with van der Waals surface area (Å²) >= 11 is 1.50. The predicted octanol–water partition coefficient (Wildman–Crippen LogP) is 0.793. The maximum absolute atomic E-state index is 11.1. The monoisotopic (exact) mass is 154 g/mol. The Hall–Kier alpha value is -0.770. The first-order valence-corrected chi connectivity index (χ1v) is 3.96. The van der Waals surface area contributed by atoms with Gasteiger partial charge < -0.3 is 0 Å². The summed E-state index contributed by atoms with van der Waals surface area (Å²) in [5, 5.41) is 2.71. The van der Waals surface area contributed by atoms with Crippen LogP contribution in [-0.4, -0.2) is 22.5 Å². The first-order chi connectivity index (χ1) is 4.88. The highest BCUT2D eigenvalue weighted by atomic mass is 32.2. The Morgan fingerprint density at radius 1 is 1.70 bits per heavy atom. The average Bonchev–Trinajstić information content (AvgIpc) is 2.36. The Kier molecular flexibility index (Phi) is 1.27. The summed E-state index contributed by atoms with van der Waals surface area (Å²) in [5.41, 5.74) is 0. The number of amides is 1. The van der Waals surface area contributed by atoms with Crippen molar-refractivity contribution in [3.8, 4) is 0 Å². The Morgan fingerprint density at radius 3 is 3.40 bits per heavy atom. The highest BCUT2D eigenvalue weighted by Crippen LogP contribution is 2.22. The number of nitrogens with zero attached hydrogens (tertiary/aromatic N) is 2. The molecule has 0 aromatic rings. The van der Waals surface area contributed by atoms with Crippen LogP contribution in [0.4, 0.5) is 0 Å². The molecule has 0 bridgehead atoms. The summed E-state index contributed by atoms with van der Waals surface area (Å²) in [6, 6.07) is 0. The first kappa shape index (κ1) is 5.97. The molecule has 2 aliphatic rings. The SMILES string of the molecule is O=C1CCN=C2SC=CN12. The molecule has 10 heavy (non-hydrogen) atoms. The van der Waals surface area contributed by atoms with E-state index in [1.165, 1.54) is 11.8 Å². The number of hydrogen-bond donors (Lipinski definition) is 0. The van der Waals surface area contributed by atoms with E-state index in [2.05, 4.69) is 4.99 Å². The van der Waals surface area contributed by atoms with Crippen molar-refractivity contribution in [2.45, 2.75) is 6.42 Å². The van der Waals surface area contributed by atoms with Crippen molar-refractivity contribution < 1.29 is 4.79 Å². The van der Waals surface area contributed by atoms with Gasteiger partial charge in [0.1, 0.15) is 0 Å². The number of fused-ring (bicyclic) bond motifs is 1. The van der Waals surface area contributed by atoms with Gasteiger partial charge in [-0.15, -0.1) is 0 Å². The zero-order valence-electron chi connectivity index (χ0n) is 5.28. The number of thioether (sulfide) groups is 1. The van der Waals surface area contributed by atoms with Gasteiger partial charge in [-0.1, -0.05) is 11.8 Å². The largest absolute Gasteiger partial charge is 0.274 e. The van der Waals surface area contributed by atoms with Gasteiger partial charge in [0.25, 0.3) is 0 Å². The Morgan fingerprint density at radius 2 is 2.60 bits per heavy atom. The van der Waals surface area contributed by atoms with Crippen LogP contribution in [0.1, 0.15) is 6.42 Å². The van der Waals surface area contributed by atoms with Crippen molar-refractivity contribution in [2.24, 2.45) is 4.99 Å². The minimum Gasteiger partial charge on any atom is -0.274 e. The zero-order valence-corrected chi connectivity index (χ0v) is 6.10. The van der Waals surface area contributed by atoms with Gasteiger partial charge in [-0.05, 0) is 5.41 Å². The van der Waals surface area contributed by atoms with E-state index in [9.17, 15) is 4.79 Å². The van der Waals surface area contributed by atoms with Gasteiger partial charge in [-0.25, -0.2) is 0 Å². The van der Waals surface area contributed by atoms with Crippen molar-refractivity contribution in [3.63, 3.8) is 0 Å². The predicted molar refractivity (Wildman–Crippen MR) is 40.5 cm³/mol. The first-order valence-electron chi connectivity index (χ1n) is 3.08. The lowest BCUT2D eigenvalue weighted by molar-refractivity contribution is -0.125. The van der Waals surface area contributed by atoms with Gasteiger partial charge in [0.15, 0.2) is 5.17 Å². The molecule has 0 aromatic heterocycles. The lowest BCUT2D eigenvalue weighted by Gasteiger charge is -2.17. The maximum Gasteiger partial charge on any atom is 0.234 e. The molecule has 2 heterocycles. The molecule has 0 unspecified atom stereocenters. The molecule has 0 fully saturated rings. The molecule has 0 spiro atoms. The zero-order chi connectivity index (χ0) is 6.97. The Labute approximate surface area is 62.8 Å². The standard InChI is InChI=1S/C6H6N2OS/c9-5-1-2-7-6-8(5)3-4-10-6/h3-4H,1-2H2. The van der Waals surface area contributed by atoms with E-state index in [4.69, 9.17) is 0 Å². The smallest absolute Gasteiger partial charge is 0.234 e. The van der Waals surface area contributed by atoms with Gasteiger partial charge in [-0.2, -0.15) is 0 Å². The summed E-state index contributed by atoms with van der Waals surface area (Å²) in [4.78, 5) is 16.8. The topological polar surface area (TPSA) is 32.7 Å². The third kappa shape index (κ3) is 0.759. The third-order valence-electron chi connectivity index (χ3n) is 1.43. The fraction of sp³-hybridized carbons (Fsp3) is 0.333. The molecule has 4 heteroatoms. The van der Waals surface area contributed by atoms with Gasteiger partial charge >= 0.3 is 0 Å². The lowest BCUT2D eigenvalue weighted by atomic mass is 10.3. The van der Waals surface area contributed by atoms with Crippen LogP contribution in [0.2, 0.25) is 0 Å². The number of amidine groups is 1. The van der Waals surface area contributed by atoms with E-state index in [0.717, 1.165) is 5.17 Å². The molecule has 0 saturated carbocycles. The molecule has 0 saturated heterocycles. The van der Waals surface area contributed by atoms with E-state index in [0.29, 0.717) is 13.0 Å². The molecule has 0 aliphatic carbocycles. The van der Waals surface area contributed by atoms with Gasteiger partial charge in [0.2, 0.25) is 5.91 Å². The quantitative estimate of drug-likeness (QED) is 0.517. The molecule has 0 N–H and O–H groups in total. The molecule has 52 valence electrons. The summed E-state index contributed by atoms with van der Waals surface area (Å²) in [6.45, 7) is 0.652. The van der Waals surface area contributed by atoms with Crippen LogP contribution in [0.5, 0.6) is 0 Å². The van der Waals surface area contributed by atoms with Crippen LogP contribution in [0.3, 0.4) is 0 Å². The van der Waals surface area contributed by atoms with Crippen molar-refractivity contribution in [1.29, 1.82) is 0 Å². The summed E-state index contributed by atoms with van der Waals surface area (Å²) in [6.07, 6.45) is 2.32. The van der Waals surface area contributed by atoms with Crippen molar-refractivity contribution >= 4 is 22.8 Å². The molecular weight excluding hydrogens is 148 g/mol.